The van der Waals surface area contributed by atoms with Crippen molar-refractivity contribution in [3.63, 3.8) is 0 Å². The molecule has 0 aliphatic heterocycles. The normalized spacial score (nSPS) is 11.2. The third-order valence-electron chi connectivity index (χ3n) is 2.44. The van der Waals surface area contributed by atoms with Crippen LogP contribution < -0.4 is 9.64 Å². The lowest BCUT2D eigenvalue weighted by Gasteiger charge is -2.13. The molecule has 0 bridgehead atoms. The largest absolute Gasteiger partial charge is 0.432 e. The zero-order valence-corrected chi connectivity index (χ0v) is 10.3. The van der Waals surface area contributed by atoms with E-state index in [0.717, 1.165) is 11.0 Å². The first-order valence-electron chi connectivity index (χ1n) is 5.51. The summed E-state index contributed by atoms with van der Waals surface area (Å²) in [7, 11) is 1.27. The fourth-order valence-electron chi connectivity index (χ4n) is 1.38. The zero-order chi connectivity index (χ0) is 14.8. The second kappa shape index (κ2) is 5.24. The SMILES string of the molecule is CN(C(=O)Oc1ccccc1)c1cc(C(F)(F)F)[nH]n1. The Morgan fingerprint density at radius 2 is 1.95 bits per heavy atom. The molecular weight excluding hydrogens is 275 g/mol. The molecule has 1 aromatic carbocycles. The van der Waals surface area contributed by atoms with Gasteiger partial charge in [-0.15, -0.1) is 0 Å². The van der Waals surface area contributed by atoms with E-state index < -0.39 is 18.0 Å². The van der Waals surface area contributed by atoms with E-state index in [-0.39, 0.29) is 11.6 Å². The van der Waals surface area contributed by atoms with Crippen molar-refractivity contribution in [2.45, 2.75) is 6.18 Å². The van der Waals surface area contributed by atoms with E-state index in [1.807, 2.05) is 5.10 Å². The third-order valence-corrected chi connectivity index (χ3v) is 2.44. The molecule has 0 fully saturated rings. The fraction of sp³-hybridized carbons (Fsp3) is 0.167. The number of para-hydroxylation sites is 1. The van der Waals surface area contributed by atoms with E-state index in [9.17, 15) is 18.0 Å². The van der Waals surface area contributed by atoms with Gasteiger partial charge in [0.1, 0.15) is 11.4 Å². The molecule has 0 atom stereocenters. The first-order valence-corrected chi connectivity index (χ1v) is 5.51. The van der Waals surface area contributed by atoms with Crippen LogP contribution in [0.2, 0.25) is 0 Å². The molecule has 0 aliphatic rings. The van der Waals surface area contributed by atoms with Crippen molar-refractivity contribution in [3.8, 4) is 5.75 Å². The van der Waals surface area contributed by atoms with E-state index in [1.54, 1.807) is 30.3 Å². The van der Waals surface area contributed by atoms with Gasteiger partial charge in [0.15, 0.2) is 5.82 Å². The summed E-state index contributed by atoms with van der Waals surface area (Å²) in [6.45, 7) is 0. The molecule has 0 saturated heterocycles. The maximum Gasteiger partial charge on any atom is 0.432 e. The monoisotopic (exact) mass is 285 g/mol. The molecule has 2 rings (SSSR count). The molecule has 2 aromatic rings. The number of aromatic nitrogens is 2. The number of hydrogen-bond donors (Lipinski definition) is 1. The van der Waals surface area contributed by atoms with Gasteiger partial charge in [-0.05, 0) is 12.1 Å². The summed E-state index contributed by atoms with van der Waals surface area (Å²) in [5.41, 5.74) is -1.04. The highest BCUT2D eigenvalue weighted by Gasteiger charge is 2.34. The van der Waals surface area contributed by atoms with Crippen molar-refractivity contribution in [1.82, 2.24) is 10.2 Å². The van der Waals surface area contributed by atoms with Crippen molar-refractivity contribution in [2.75, 3.05) is 11.9 Å². The Hall–Kier alpha value is -2.51. The molecule has 5 nitrogen and oxygen atoms in total. The highest BCUT2D eigenvalue weighted by Crippen LogP contribution is 2.29. The lowest BCUT2D eigenvalue weighted by atomic mass is 10.3. The second-order valence-electron chi connectivity index (χ2n) is 3.88. The van der Waals surface area contributed by atoms with Crippen LogP contribution in [-0.4, -0.2) is 23.3 Å². The number of hydrogen-bond acceptors (Lipinski definition) is 3. The Bertz CT molecular complexity index is 595. The summed E-state index contributed by atoms with van der Waals surface area (Å²) in [6.07, 6.45) is -5.38. The van der Waals surface area contributed by atoms with Gasteiger partial charge in [0.05, 0.1) is 0 Å². The van der Waals surface area contributed by atoms with Gasteiger partial charge in [-0.2, -0.15) is 18.3 Å². The predicted molar refractivity (Wildman–Crippen MR) is 64.5 cm³/mol. The van der Waals surface area contributed by atoms with Crippen molar-refractivity contribution in [3.05, 3.63) is 42.1 Å². The Labute approximate surface area is 112 Å². The Morgan fingerprint density at radius 3 is 2.50 bits per heavy atom. The molecule has 8 heteroatoms. The highest BCUT2D eigenvalue weighted by atomic mass is 19.4. The maximum atomic E-state index is 12.4. The topological polar surface area (TPSA) is 58.2 Å². The minimum absolute atomic E-state index is 0.182. The van der Waals surface area contributed by atoms with Gasteiger partial charge in [-0.25, -0.2) is 4.79 Å². The van der Waals surface area contributed by atoms with E-state index in [2.05, 4.69) is 5.10 Å². The quantitative estimate of drug-likeness (QED) is 0.922. The standard InChI is InChI=1S/C12H10F3N3O2/c1-18(10-7-9(16-17-10)12(13,14)15)11(19)20-8-5-3-2-4-6-8/h2-7H,1H3,(H,16,17). The van der Waals surface area contributed by atoms with Crippen LogP contribution in [0.3, 0.4) is 0 Å². The van der Waals surface area contributed by atoms with Crippen LogP contribution >= 0.6 is 0 Å². The number of alkyl halides is 3. The van der Waals surface area contributed by atoms with E-state index >= 15 is 0 Å². The van der Waals surface area contributed by atoms with Crippen LogP contribution in [0.15, 0.2) is 36.4 Å². The van der Waals surface area contributed by atoms with Crippen LogP contribution in [-0.2, 0) is 6.18 Å². The van der Waals surface area contributed by atoms with Crippen LogP contribution in [0, 0.1) is 0 Å². The number of carbonyl (C=O) groups is 1. The van der Waals surface area contributed by atoms with Crippen LogP contribution in [0.1, 0.15) is 5.69 Å². The highest BCUT2D eigenvalue weighted by molar-refractivity contribution is 5.87. The van der Waals surface area contributed by atoms with Crippen molar-refractivity contribution in [2.24, 2.45) is 0 Å². The average Bonchev–Trinajstić information content (AvgIpc) is 2.88. The lowest BCUT2D eigenvalue weighted by Crippen LogP contribution is -2.29. The van der Waals surface area contributed by atoms with E-state index in [1.165, 1.54) is 7.05 Å². The Balaban J connectivity index is 2.09. The van der Waals surface area contributed by atoms with Gasteiger partial charge in [0.2, 0.25) is 0 Å². The van der Waals surface area contributed by atoms with Crippen LogP contribution in [0.5, 0.6) is 5.75 Å². The molecule has 0 aliphatic carbocycles. The van der Waals surface area contributed by atoms with Crippen molar-refractivity contribution >= 4 is 11.9 Å². The zero-order valence-electron chi connectivity index (χ0n) is 10.3. The van der Waals surface area contributed by atoms with Gasteiger partial charge < -0.3 is 4.74 Å². The molecule has 0 spiro atoms. The number of H-pyrrole nitrogens is 1. The first kappa shape index (κ1) is 13.9. The van der Waals surface area contributed by atoms with Crippen molar-refractivity contribution < 1.29 is 22.7 Å². The number of amides is 1. The van der Waals surface area contributed by atoms with Gasteiger partial charge in [0.25, 0.3) is 0 Å². The number of ether oxygens (including phenoxy) is 1. The summed E-state index contributed by atoms with van der Waals surface area (Å²) >= 11 is 0. The molecule has 1 amide bonds. The maximum absolute atomic E-state index is 12.4. The number of nitrogens with zero attached hydrogens (tertiary/aromatic N) is 2. The molecule has 1 aromatic heterocycles. The predicted octanol–water partition coefficient (Wildman–Crippen LogP) is 3.06. The average molecular weight is 285 g/mol. The molecule has 20 heavy (non-hydrogen) atoms. The number of rotatable bonds is 2. The molecule has 106 valence electrons. The summed E-state index contributed by atoms with van der Waals surface area (Å²) in [5, 5.41) is 5.25. The van der Waals surface area contributed by atoms with Crippen LogP contribution in [0.25, 0.3) is 0 Å². The van der Waals surface area contributed by atoms with E-state index in [4.69, 9.17) is 4.74 Å². The lowest BCUT2D eigenvalue weighted by molar-refractivity contribution is -0.141. The summed E-state index contributed by atoms with van der Waals surface area (Å²) < 4.78 is 42.2. The summed E-state index contributed by atoms with van der Waals surface area (Å²) in [5.74, 6) is 0.106. The van der Waals surface area contributed by atoms with Crippen LogP contribution in [0.4, 0.5) is 23.8 Å². The summed E-state index contributed by atoms with van der Waals surface area (Å²) in [4.78, 5) is 12.6. The molecule has 0 unspecified atom stereocenters. The third kappa shape index (κ3) is 3.08. The number of aromatic amines is 1. The van der Waals surface area contributed by atoms with E-state index in [0.29, 0.717) is 0 Å². The fourth-order valence-corrected chi connectivity index (χ4v) is 1.38. The van der Waals surface area contributed by atoms with Gasteiger partial charge >= 0.3 is 12.3 Å². The smallest absolute Gasteiger partial charge is 0.410 e. The molecule has 1 heterocycles. The molecule has 0 radical (unpaired) electrons. The Morgan fingerprint density at radius 1 is 1.30 bits per heavy atom. The number of carbonyl (C=O) groups excluding carboxylic acids is 1. The minimum atomic E-state index is -4.55. The number of halogens is 3. The summed E-state index contributed by atoms with van der Waals surface area (Å²) in [6, 6.07) is 8.91. The molecule has 0 saturated carbocycles. The number of benzene rings is 1. The molecular formula is C12H10F3N3O2. The second-order valence-corrected chi connectivity index (χ2v) is 3.88. The van der Waals surface area contributed by atoms with Gasteiger partial charge in [-0.3, -0.25) is 10.00 Å². The van der Waals surface area contributed by atoms with Crippen molar-refractivity contribution in [1.29, 1.82) is 0 Å². The van der Waals surface area contributed by atoms with Gasteiger partial charge in [-0.1, -0.05) is 18.2 Å². The first-order chi connectivity index (χ1) is 9.38. The number of nitrogens with one attached hydrogen (secondary N) is 1. The Kier molecular flexibility index (Phi) is 3.64. The molecule has 1 N–H and O–H groups in total. The number of anilines is 1. The van der Waals surface area contributed by atoms with Gasteiger partial charge in [0, 0.05) is 13.1 Å². The minimum Gasteiger partial charge on any atom is -0.410 e.